The lowest BCUT2D eigenvalue weighted by Crippen LogP contribution is -2.48. The molecule has 122 valence electrons. The average Bonchev–Trinajstić information content (AvgIpc) is 2.35. The van der Waals surface area contributed by atoms with Crippen LogP contribution in [0.5, 0.6) is 0 Å². The number of aliphatic carboxylic acids is 1. The van der Waals surface area contributed by atoms with Gasteiger partial charge in [-0.3, -0.25) is 14.4 Å². The summed E-state index contributed by atoms with van der Waals surface area (Å²) in [5, 5.41) is 13.9. The highest BCUT2D eigenvalue weighted by atomic mass is 16.4. The number of hydrogen-bond donors (Lipinski definition) is 3. The Labute approximate surface area is 126 Å². The smallest absolute Gasteiger partial charge is 0.303 e. The van der Waals surface area contributed by atoms with E-state index in [4.69, 9.17) is 5.11 Å². The first-order chi connectivity index (χ1) is 9.64. The number of carbonyl (C=O) groups is 3. The number of unbranched alkanes of at least 4 members (excludes halogenated alkanes) is 3. The Morgan fingerprint density at radius 2 is 1.62 bits per heavy atom. The molecule has 6 nitrogen and oxygen atoms in total. The molecule has 0 aliphatic heterocycles. The van der Waals surface area contributed by atoms with Crippen molar-refractivity contribution < 1.29 is 19.5 Å². The molecule has 0 aliphatic rings. The van der Waals surface area contributed by atoms with Crippen molar-refractivity contribution in [1.29, 1.82) is 0 Å². The first kappa shape index (κ1) is 19.4. The standard InChI is InChI=1S/C15H28N2O4/c1-11(17-14(21)15(2,3)4)13(20)16-10-8-6-5-7-9-12(18)19/h11H,5-10H2,1-4H3,(H,16,20)(H,17,21)(H,18,19). The molecule has 1 unspecified atom stereocenters. The highest BCUT2D eigenvalue weighted by Crippen LogP contribution is 2.12. The van der Waals surface area contributed by atoms with Gasteiger partial charge in [-0.1, -0.05) is 33.6 Å². The van der Waals surface area contributed by atoms with Gasteiger partial charge in [0, 0.05) is 18.4 Å². The van der Waals surface area contributed by atoms with Crippen LogP contribution in [0.1, 0.15) is 59.8 Å². The summed E-state index contributed by atoms with van der Waals surface area (Å²) in [4.78, 5) is 33.8. The summed E-state index contributed by atoms with van der Waals surface area (Å²) in [6.45, 7) is 7.59. The quantitative estimate of drug-likeness (QED) is 0.565. The van der Waals surface area contributed by atoms with Crippen LogP contribution in [0.25, 0.3) is 0 Å². The third kappa shape index (κ3) is 9.87. The summed E-state index contributed by atoms with van der Waals surface area (Å²) in [5.41, 5.74) is -0.515. The third-order valence-electron chi connectivity index (χ3n) is 3.04. The van der Waals surface area contributed by atoms with Crippen molar-refractivity contribution in [2.24, 2.45) is 5.41 Å². The van der Waals surface area contributed by atoms with Gasteiger partial charge in [-0.15, -0.1) is 0 Å². The van der Waals surface area contributed by atoms with Gasteiger partial charge in [-0.25, -0.2) is 0 Å². The minimum absolute atomic E-state index is 0.154. The lowest BCUT2D eigenvalue weighted by atomic mass is 9.95. The van der Waals surface area contributed by atoms with Crippen LogP contribution in [0.4, 0.5) is 0 Å². The SMILES string of the molecule is CC(NC(=O)C(C)(C)C)C(=O)NCCCCCCC(=O)O. The summed E-state index contributed by atoms with van der Waals surface area (Å²) in [6.07, 6.45) is 3.41. The molecule has 21 heavy (non-hydrogen) atoms. The van der Waals surface area contributed by atoms with Crippen LogP contribution < -0.4 is 10.6 Å². The molecule has 2 amide bonds. The minimum atomic E-state index is -0.772. The Balaban J connectivity index is 3.74. The van der Waals surface area contributed by atoms with Crippen molar-refractivity contribution in [3.05, 3.63) is 0 Å². The van der Waals surface area contributed by atoms with Crippen LogP contribution in [0.2, 0.25) is 0 Å². The predicted octanol–water partition coefficient (Wildman–Crippen LogP) is 1.69. The topological polar surface area (TPSA) is 95.5 Å². The molecule has 6 heteroatoms. The maximum absolute atomic E-state index is 11.8. The van der Waals surface area contributed by atoms with E-state index in [1.165, 1.54) is 0 Å². The summed E-state index contributed by atoms with van der Waals surface area (Å²) in [7, 11) is 0. The lowest BCUT2D eigenvalue weighted by molar-refractivity contribution is -0.137. The molecule has 0 bridgehead atoms. The van der Waals surface area contributed by atoms with E-state index in [9.17, 15) is 14.4 Å². The third-order valence-corrected chi connectivity index (χ3v) is 3.04. The van der Waals surface area contributed by atoms with Gasteiger partial charge in [0.15, 0.2) is 0 Å². The van der Waals surface area contributed by atoms with Gasteiger partial charge >= 0.3 is 5.97 Å². The first-order valence-corrected chi connectivity index (χ1v) is 7.45. The molecule has 1 atom stereocenters. The first-order valence-electron chi connectivity index (χ1n) is 7.45. The van der Waals surface area contributed by atoms with Crippen LogP contribution >= 0.6 is 0 Å². The Kier molecular flexibility index (Phi) is 8.66. The Hall–Kier alpha value is -1.59. The normalized spacial score (nSPS) is 12.6. The van der Waals surface area contributed by atoms with Crippen molar-refractivity contribution in [2.75, 3.05) is 6.54 Å². The van der Waals surface area contributed by atoms with Gasteiger partial charge in [0.05, 0.1) is 0 Å². The minimum Gasteiger partial charge on any atom is -0.481 e. The number of hydrogen-bond acceptors (Lipinski definition) is 3. The van der Waals surface area contributed by atoms with E-state index < -0.39 is 17.4 Å². The summed E-state index contributed by atoms with van der Waals surface area (Å²) >= 11 is 0. The van der Waals surface area contributed by atoms with Gasteiger partial charge in [0.25, 0.3) is 0 Å². The van der Waals surface area contributed by atoms with E-state index in [2.05, 4.69) is 10.6 Å². The number of amides is 2. The fourth-order valence-electron chi connectivity index (χ4n) is 1.60. The molecular weight excluding hydrogens is 272 g/mol. The van der Waals surface area contributed by atoms with Crippen LogP contribution in [0.3, 0.4) is 0 Å². The van der Waals surface area contributed by atoms with Crippen molar-refractivity contribution >= 4 is 17.8 Å². The largest absolute Gasteiger partial charge is 0.481 e. The zero-order chi connectivity index (χ0) is 16.5. The predicted molar refractivity (Wildman–Crippen MR) is 80.8 cm³/mol. The van der Waals surface area contributed by atoms with Gasteiger partial charge in [-0.05, 0) is 19.8 Å². The van der Waals surface area contributed by atoms with E-state index in [-0.39, 0.29) is 18.2 Å². The van der Waals surface area contributed by atoms with Gasteiger partial charge in [-0.2, -0.15) is 0 Å². The van der Waals surface area contributed by atoms with Crippen molar-refractivity contribution in [3.63, 3.8) is 0 Å². The van der Waals surface area contributed by atoms with E-state index >= 15 is 0 Å². The van der Waals surface area contributed by atoms with E-state index in [0.29, 0.717) is 13.0 Å². The second-order valence-corrected chi connectivity index (χ2v) is 6.29. The van der Waals surface area contributed by atoms with Crippen LogP contribution in [0.15, 0.2) is 0 Å². The number of rotatable bonds is 9. The number of carboxylic acid groups (broad SMARTS) is 1. The second kappa shape index (κ2) is 9.37. The van der Waals surface area contributed by atoms with E-state index in [0.717, 1.165) is 19.3 Å². The van der Waals surface area contributed by atoms with Gasteiger partial charge in [0.1, 0.15) is 6.04 Å². The average molecular weight is 300 g/mol. The maximum atomic E-state index is 11.8. The van der Waals surface area contributed by atoms with Crippen LogP contribution in [-0.2, 0) is 14.4 Å². The Morgan fingerprint density at radius 3 is 2.14 bits per heavy atom. The highest BCUT2D eigenvalue weighted by Gasteiger charge is 2.24. The number of nitrogens with one attached hydrogen (secondary N) is 2. The zero-order valence-electron chi connectivity index (χ0n) is 13.5. The Morgan fingerprint density at radius 1 is 1.05 bits per heavy atom. The van der Waals surface area contributed by atoms with Gasteiger partial charge in [0.2, 0.25) is 11.8 Å². The zero-order valence-corrected chi connectivity index (χ0v) is 13.5. The summed E-state index contributed by atoms with van der Waals surface area (Å²) in [5.74, 6) is -1.12. The van der Waals surface area contributed by atoms with Crippen molar-refractivity contribution in [3.8, 4) is 0 Å². The molecule has 0 aliphatic carbocycles. The molecule has 0 aromatic rings. The molecule has 0 heterocycles. The van der Waals surface area contributed by atoms with Crippen LogP contribution in [0, 0.1) is 5.41 Å². The molecule has 0 fully saturated rings. The monoisotopic (exact) mass is 300 g/mol. The highest BCUT2D eigenvalue weighted by molar-refractivity contribution is 5.89. The molecule has 0 saturated carbocycles. The molecular formula is C15H28N2O4. The molecule has 0 saturated heterocycles. The molecule has 0 spiro atoms. The van der Waals surface area contributed by atoms with Crippen LogP contribution in [-0.4, -0.2) is 35.5 Å². The molecule has 0 radical (unpaired) electrons. The Bertz CT molecular complexity index is 361. The van der Waals surface area contributed by atoms with E-state index in [1.807, 2.05) is 0 Å². The molecule has 0 rings (SSSR count). The maximum Gasteiger partial charge on any atom is 0.303 e. The van der Waals surface area contributed by atoms with Gasteiger partial charge < -0.3 is 15.7 Å². The molecule has 0 aromatic heterocycles. The summed E-state index contributed by atoms with van der Waals surface area (Å²) < 4.78 is 0. The molecule has 0 aromatic carbocycles. The summed E-state index contributed by atoms with van der Waals surface area (Å²) in [6, 6.07) is -0.552. The number of carbonyl (C=O) groups excluding carboxylic acids is 2. The van der Waals surface area contributed by atoms with Crippen molar-refractivity contribution in [1.82, 2.24) is 10.6 Å². The lowest BCUT2D eigenvalue weighted by Gasteiger charge is -2.21. The molecule has 3 N–H and O–H groups in total. The number of carboxylic acids is 1. The fourth-order valence-corrected chi connectivity index (χ4v) is 1.60. The van der Waals surface area contributed by atoms with E-state index in [1.54, 1.807) is 27.7 Å². The fraction of sp³-hybridized carbons (Fsp3) is 0.800. The van der Waals surface area contributed by atoms with Crippen molar-refractivity contribution in [2.45, 2.75) is 65.8 Å². The second-order valence-electron chi connectivity index (χ2n) is 6.29.